The zero-order valence-corrected chi connectivity index (χ0v) is 10.8. The lowest BCUT2D eigenvalue weighted by molar-refractivity contribution is -0.135. The largest absolute Gasteiger partial charge is 0.345 e. The molecule has 0 saturated heterocycles. The molecule has 5 nitrogen and oxygen atoms in total. The summed E-state index contributed by atoms with van der Waals surface area (Å²) in [7, 11) is 1.54. The molecule has 0 spiro atoms. The van der Waals surface area contributed by atoms with Crippen LogP contribution in [0.15, 0.2) is 0 Å². The van der Waals surface area contributed by atoms with Crippen molar-refractivity contribution in [2.75, 3.05) is 13.6 Å². The number of ketones is 3. The van der Waals surface area contributed by atoms with E-state index in [9.17, 15) is 19.2 Å². The Labute approximate surface area is 101 Å². The van der Waals surface area contributed by atoms with E-state index in [4.69, 9.17) is 0 Å². The number of nitrogens with zero attached hydrogens (tertiary/aromatic N) is 1. The molecule has 0 bridgehead atoms. The van der Waals surface area contributed by atoms with Crippen LogP contribution in [0.2, 0.25) is 0 Å². The molecule has 17 heavy (non-hydrogen) atoms. The third-order valence-electron chi connectivity index (χ3n) is 2.46. The van der Waals surface area contributed by atoms with Gasteiger partial charge < -0.3 is 4.90 Å². The predicted molar refractivity (Wildman–Crippen MR) is 62.4 cm³/mol. The third-order valence-corrected chi connectivity index (χ3v) is 2.46. The zero-order chi connectivity index (χ0) is 13.6. The van der Waals surface area contributed by atoms with Crippen LogP contribution in [0.25, 0.3) is 0 Å². The first-order chi connectivity index (χ1) is 7.73. The summed E-state index contributed by atoms with van der Waals surface area (Å²) in [6, 6.07) is 0. The molecule has 0 aromatic rings. The Balaban J connectivity index is 4.18. The first kappa shape index (κ1) is 15.5. The summed E-state index contributed by atoms with van der Waals surface area (Å²) >= 11 is 0. The molecule has 0 saturated carbocycles. The number of hydrogen-bond donors (Lipinski definition) is 0. The van der Waals surface area contributed by atoms with E-state index < -0.39 is 0 Å². The molecular weight excluding hydrogens is 222 g/mol. The van der Waals surface area contributed by atoms with Crippen molar-refractivity contribution in [2.45, 2.75) is 33.6 Å². The number of Topliss-reactive ketones (excluding diaryl/α,β-unsaturated/α-hetero) is 3. The minimum Gasteiger partial charge on any atom is -0.345 e. The van der Waals surface area contributed by atoms with E-state index in [2.05, 4.69) is 0 Å². The Morgan fingerprint density at radius 3 is 2.00 bits per heavy atom. The number of amides is 1. The first-order valence-corrected chi connectivity index (χ1v) is 5.49. The molecule has 0 aromatic carbocycles. The fourth-order valence-electron chi connectivity index (χ4n) is 1.28. The van der Waals surface area contributed by atoms with E-state index in [0.29, 0.717) is 6.54 Å². The van der Waals surface area contributed by atoms with Crippen molar-refractivity contribution in [1.29, 1.82) is 0 Å². The predicted octanol–water partition coefficient (Wildman–Crippen LogP) is 0.608. The SMILES string of the molecule is CC(=O)CC(=O)CC(=O)N(C)CC(C)C(C)=O. The Morgan fingerprint density at radius 2 is 1.59 bits per heavy atom. The van der Waals surface area contributed by atoms with Crippen molar-refractivity contribution in [2.24, 2.45) is 5.92 Å². The maximum Gasteiger partial charge on any atom is 0.229 e. The minimum atomic E-state index is -0.384. The summed E-state index contributed by atoms with van der Waals surface area (Å²) in [4.78, 5) is 45.9. The van der Waals surface area contributed by atoms with Crippen molar-refractivity contribution in [3.63, 3.8) is 0 Å². The van der Waals surface area contributed by atoms with Gasteiger partial charge in [0.25, 0.3) is 0 Å². The molecule has 0 rings (SSSR count). The molecular formula is C12H19NO4. The number of hydrogen-bond acceptors (Lipinski definition) is 4. The maximum atomic E-state index is 11.6. The highest BCUT2D eigenvalue weighted by molar-refractivity contribution is 6.06. The Kier molecular flexibility index (Phi) is 6.31. The second kappa shape index (κ2) is 6.93. The summed E-state index contributed by atoms with van der Waals surface area (Å²) in [5.74, 6) is -1.23. The fraction of sp³-hybridized carbons (Fsp3) is 0.667. The number of carbonyl (C=O) groups excluding carboxylic acids is 4. The highest BCUT2D eigenvalue weighted by atomic mass is 16.2. The Hall–Kier alpha value is -1.52. The van der Waals surface area contributed by atoms with Gasteiger partial charge in [0.05, 0.1) is 12.8 Å². The summed E-state index contributed by atoms with van der Waals surface area (Å²) in [5.41, 5.74) is 0. The maximum absolute atomic E-state index is 11.6. The van der Waals surface area contributed by atoms with Gasteiger partial charge in [0.2, 0.25) is 5.91 Å². The average molecular weight is 241 g/mol. The third kappa shape index (κ3) is 6.60. The average Bonchev–Trinajstić information content (AvgIpc) is 2.15. The van der Waals surface area contributed by atoms with Gasteiger partial charge in [-0.25, -0.2) is 0 Å². The normalized spacial score (nSPS) is 11.8. The molecule has 0 radical (unpaired) electrons. The van der Waals surface area contributed by atoms with E-state index in [1.807, 2.05) is 0 Å². The lowest BCUT2D eigenvalue weighted by Gasteiger charge is -2.19. The molecule has 1 atom stereocenters. The summed E-state index contributed by atoms with van der Waals surface area (Å²) in [6.07, 6.45) is -0.484. The van der Waals surface area contributed by atoms with Crippen molar-refractivity contribution in [3.05, 3.63) is 0 Å². The number of rotatable bonds is 7. The van der Waals surface area contributed by atoms with Gasteiger partial charge in [-0.05, 0) is 13.8 Å². The highest BCUT2D eigenvalue weighted by Gasteiger charge is 2.18. The van der Waals surface area contributed by atoms with Gasteiger partial charge in [-0.15, -0.1) is 0 Å². The van der Waals surface area contributed by atoms with Crippen LogP contribution in [0.1, 0.15) is 33.6 Å². The summed E-state index contributed by atoms with van der Waals surface area (Å²) in [5, 5.41) is 0. The Bertz CT molecular complexity index is 335. The van der Waals surface area contributed by atoms with Crippen molar-refractivity contribution in [1.82, 2.24) is 4.90 Å². The first-order valence-electron chi connectivity index (χ1n) is 5.49. The highest BCUT2D eigenvalue weighted by Crippen LogP contribution is 2.02. The second-order valence-corrected chi connectivity index (χ2v) is 4.38. The molecule has 5 heteroatoms. The van der Waals surface area contributed by atoms with Gasteiger partial charge >= 0.3 is 0 Å². The van der Waals surface area contributed by atoms with Crippen LogP contribution in [0, 0.1) is 5.92 Å². The molecule has 0 N–H and O–H groups in total. The molecule has 0 aromatic heterocycles. The second-order valence-electron chi connectivity index (χ2n) is 4.38. The van der Waals surface area contributed by atoms with Gasteiger partial charge in [0, 0.05) is 19.5 Å². The van der Waals surface area contributed by atoms with Crippen LogP contribution in [-0.4, -0.2) is 41.7 Å². The van der Waals surface area contributed by atoms with Crippen LogP contribution >= 0.6 is 0 Å². The lowest BCUT2D eigenvalue weighted by atomic mass is 10.1. The van der Waals surface area contributed by atoms with Crippen molar-refractivity contribution < 1.29 is 19.2 Å². The van der Waals surface area contributed by atoms with Crippen LogP contribution < -0.4 is 0 Å². The molecule has 0 aliphatic heterocycles. The van der Waals surface area contributed by atoms with Crippen LogP contribution in [-0.2, 0) is 19.2 Å². The van der Waals surface area contributed by atoms with Crippen LogP contribution in [0.4, 0.5) is 0 Å². The molecule has 1 unspecified atom stereocenters. The fourth-order valence-corrected chi connectivity index (χ4v) is 1.28. The van der Waals surface area contributed by atoms with Crippen molar-refractivity contribution >= 4 is 23.3 Å². The van der Waals surface area contributed by atoms with Gasteiger partial charge in [-0.1, -0.05) is 6.92 Å². The van der Waals surface area contributed by atoms with Gasteiger partial charge in [-0.3, -0.25) is 19.2 Å². The van der Waals surface area contributed by atoms with E-state index in [1.165, 1.54) is 18.7 Å². The summed E-state index contributed by atoms with van der Waals surface area (Å²) in [6.45, 7) is 4.79. The quantitative estimate of drug-likeness (QED) is 0.612. The molecule has 0 aliphatic rings. The van der Waals surface area contributed by atoms with Gasteiger partial charge in [-0.2, -0.15) is 0 Å². The van der Waals surface area contributed by atoms with E-state index >= 15 is 0 Å². The van der Waals surface area contributed by atoms with E-state index in [1.54, 1.807) is 14.0 Å². The monoisotopic (exact) mass is 241 g/mol. The zero-order valence-electron chi connectivity index (χ0n) is 10.8. The number of carbonyl (C=O) groups is 4. The smallest absolute Gasteiger partial charge is 0.229 e. The molecule has 0 heterocycles. The van der Waals surface area contributed by atoms with Crippen LogP contribution in [0.3, 0.4) is 0 Å². The van der Waals surface area contributed by atoms with Gasteiger partial charge in [0.1, 0.15) is 17.3 Å². The lowest BCUT2D eigenvalue weighted by Crippen LogP contribution is -2.34. The molecule has 0 aliphatic carbocycles. The van der Waals surface area contributed by atoms with Gasteiger partial charge in [0.15, 0.2) is 0 Å². The van der Waals surface area contributed by atoms with E-state index in [0.717, 1.165) is 0 Å². The van der Waals surface area contributed by atoms with E-state index in [-0.39, 0.29) is 42.0 Å². The molecule has 1 amide bonds. The Morgan fingerprint density at radius 1 is 1.06 bits per heavy atom. The summed E-state index contributed by atoms with van der Waals surface area (Å²) < 4.78 is 0. The van der Waals surface area contributed by atoms with Crippen LogP contribution in [0.5, 0.6) is 0 Å². The van der Waals surface area contributed by atoms with Crippen molar-refractivity contribution in [3.8, 4) is 0 Å². The molecule has 0 fully saturated rings. The minimum absolute atomic E-state index is 0.000266. The standard InChI is InChI=1S/C12H19NO4/c1-8(10(3)15)7-13(4)12(17)6-11(16)5-9(2)14/h8H,5-7H2,1-4H3. The molecule has 96 valence electrons. The topological polar surface area (TPSA) is 71.5 Å².